The summed E-state index contributed by atoms with van der Waals surface area (Å²) in [4.78, 5) is 23.7. The Hall–Kier alpha value is -4.33. The van der Waals surface area contributed by atoms with Crippen LogP contribution >= 0.6 is 0 Å². The standard InChI is InChI=1S/C33H34FN5O4/c1-33(2)20-38(18-30-36-28-9-8-22(32(40)41)15-29(28)39(30)17-24-11-13-42-24)12-10-25(33)27-4-3-5-31(37-27)43-19-23-7-6-21(16-35)14-26(23)34/h5-10,14-15,24H,3-4,11-13,17-20H2,1-2H3,(H,40,41)/t24-/m0/s1. The molecule has 9 nitrogen and oxygen atoms in total. The molecule has 43 heavy (non-hydrogen) atoms. The van der Waals surface area contributed by atoms with Crippen LogP contribution in [0.3, 0.4) is 0 Å². The number of hydrogen-bond donors (Lipinski definition) is 1. The number of fused-ring (bicyclic) bond motifs is 1. The number of nitriles is 1. The van der Waals surface area contributed by atoms with Crippen LogP contribution in [-0.4, -0.2) is 57.0 Å². The molecule has 3 aliphatic rings. The molecule has 0 aliphatic carbocycles. The van der Waals surface area contributed by atoms with Crippen LogP contribution in [0.5, 0.6) is 0 Å². The second-order valence-corrected chi connectivity index (χ2v) is 11.9. The lowest BCUT2D eigenvalue weighted by Crippen LogP contribution is -2.42. The van der Waals surface area contributed by atoms with Crippen molar-refractivity contribution < 1.29 is 23.8 Å². The quantitative estimate of drug-likeness (QED) is 0.349. The molecule has 2 aromatic carbocycles. The van der Waals surface area contributed by atoms with E-state index in [9.17, 15) is 14.3 Å². The van der Waals surface area contributed by atoms with Gasteiger partial charge in [-0.2, -0.15) is 5.26 Å². The lowest BCUT2D eigenvalue weighted by atomic mass is 9.77. The first kappa shape index (κ1) is 28.8. The third-order valence-electron chi connectivity index (χ3n) is 8.33. The fourth-order valence-electron chi connectivity index (χ4n) is 6.04. The van der Waals surface area contributed by atoms with E-state index in [-0.39, 0.29) is 29.3 Å². The Morgan fingerprint density at radius 1 is 1.26 bits per heavy atom. The van der Waals surface area contributed by atoms with Crippen LogP contribution in [0.2, 0.25) is 0 Å². The van der Waals surface area contributed by atoms with Crippen molar-refractivity contribution in [1.29, 1.82) is 5.26 Å². The minimum atomic E-state index is -0.956. The summed E-state index contributed by atoms with van der Waals surface area (Å²) >= 11 is 0. The van der Waals surface area contributed by atoms with Gasteiger partial charge in [0.15, 0.2) is 0 Å². The van der Waals surface area contributed by atoms with Crippen molar-refractivity contribution in [3.05, 3.63) is 88.3 Å². The maximum Gasteiger partial charge on any atom is 0.335 e. The average Bonchev–Trinajstić information content (AvgIpc) is 3.29. The fraction of sp³-hybridized carbons (Fsp3) is 0.394. The van der Waals surface area contributed by atoms with Gasteiger partial charge in [0.25, 0.3) is 0 Å². The van der Waals surface area contributed by atoms with Gasteiger partial charge in [0.05, 0.1) is 47.4 Å². The summed E-state index contributed by atoms with van der Waals surface area (Å²) in [5.74, 6) is -0.0462. The van der Waals surface area contributed by atoms with Crippen molar-refractivity contribution in [2.24, 2.45) is 10.4 Å². The smallest absolute Gasteiger partial charge is 0.335 e. The number of rotatable bonds is 9. The number of carboxylic acids is 1. The van der Waals surface area contributed by atoms with Crippen molar-refractivity contribution in [1.82, 2.24) is 14.5 Å². The first-order chi connectivity index (χ1) is 20.7. The second-order valence-electron chi connectivity index (χ2n) is 11.9. The van der Waals surface area contributed by atoms with Gasteiger partial charge in [-0.15, -0.1) is 0 Å². The van der Waals surface area contributed by atoms with E-state index < -0.39 is 11.8 Å². The summed E-state index contributed by atoms with van der Waals surface area (Å²) in [5.41, 5.74) is 4.47. The topological polar surface area (TPSA) is 113 Å². The van der Waals surface area contributed by atoms with Gasteiger partial charge in [0.2, 0.25) is 5.88 Å². The zero-order chi connectivity index (χ0) is 30.1. The molecule has 1 fully saturated rings. The van der Waals surface area contributed by atoms with Crippen molar-refractivity contribution in [3.8, 4) is 6.07 Å². The number of halogens is 1. The van der Waals surface area contributed by atoms with Crippen LogP contribution in [0.15, 0.2) is 65.0 Å². The van der Waals surface area contributed by atoms with E-state index in [1.54, 1.807) is 30.3 Å². The Morgan fingerprint density at radius 2 is 2.09 bits per heavy atom. The SMILES string of the molecule is CC1(C)CN(Cc2nc3ccc(C(=O)O)cc3n2C[C@@H]2CCO2)CC=C1C1=NC(OCc2ccc(C#N)cc2F)=CCC1. The lowest BCUT2D eigenvalue weighted by molar-refractivity contribution is -0.0592. The number of allylic oxidation sites excluding steroid dienone is 1. The number of carboxylic acid groups (broad SMARTS) is 1. The minimum absolute atomic E-state index is 0.0389. The molecule has 10 heteroatoms. The number of hydrogen-bond acceptors (Lipinski definition) is 7. The van der Waals surface area contributed by atoms with E-state index in [1.807, 2.05) is 12.1 Å². The molecule has 4 heterocycles. The number of imidazole rings is 1. The Balaban J connectivity index is 1.18. The molecule has 0 bridgehead atoms. The van der Waals surface area contributed by atoms with Gasteiger partial charge < -0.3 is 19.1 Å². The van der Waals surface area contributed by atoms with Gasteiger partial charge in [-0.25, -0.2) is 19.2 Å². The highest BCUT2D eigenvalue weighted by Gasteiger charge is 2.34. The Labute approximate surface area is 249 Å². The molecule has 0 amide bonds. The van der Waals surface area contributed by atoms with Crippen molar-refractivity contribution >= 4 is 22.7 Å². The minimum Gasteiger partial charge on any atom is -0.478 e. The number of aromatic nitrogens is 2. The summed E-state index contributed by atoms with van der Waals surface area (Å²) in [7, 11) is 0. The molecule has 222 valence electrons. The Bertz CT molecular complexity index is 1710. The zero-order valence-corrected chi connectivity index (χ0v) is 24.3. The molecule has 0 radical (unpaired) electrons. The molecule has 0 saturated carbocycles. The molecule has 3 aliphatic heterocycles. The third kappa shape index (κ3) is 6.10. The molecule has 1 N–H and O–H groups in total. The number of aromatic carboxylic acids is 1. The van der Waals surface area contributed by atoms with Gasteiger partial charge in [-0.3, -0.25) is 4.90 Å². The van der Waals surface area contributed by atoms with Crippen LogP contribution in [-0.2, 0) is 29.2 Å². The molecule has 3 aromatic rings. The number of ether oxygens (including phenoxy) is 2. The van der Waals surface area contributed by atoms with Crippen LogP contribution < -0.4 is 0 Å². The molecule has 1 aromatic heterocycles. The van der Waals surface area contributed by atoms with Gasteiger partial charge in [-0.05, 0) is 61.2 Å². The summed E-state index contributed by atoms with van der Waals surface area (Å²) in [6.45, 7) is 7.98. The number of aliphatic imine (C=N–C) groups is 1. The molecular weight excluding hydrogens is 549 g/mol. The summed E-state index contributed by atoms with van der Waals surface area (Å²) in [5, 5.41) is 18.5. The summed E-state index contributed by atoms with van der Waals surface area (Å²) in [6, 6.07) is 11.4. The maximum atomic E-state index is 14.3. The van der Waals surface area contributed by atoms with E-state index in [4.69, 9.17) is 24.7 Å². The third-order valence-corrected chi connectivity index (χ3v) is 8.33. The lowest BCUT2D eigenvalue weighted by Gasteiger charge is -2.39. The van der Waals surface area contributed by atoms with Gasteiger partial charge in [0.1, 0.15) is 18.2 Å². The summed E-state index contributed by atoms with van der Waals surface area (Å²) in [6.07, 6.45) is 6.83. The molecule has 1 saturated heterocycles. The highest BCUT2D eigenvalue weighted by atomic mass is 19.1. The highest BCUT2D eigenvalue weighted by Crippen LogP contribution is 2.36. The van der Waals surface area contributed by atoms with Crippen LogP contribution in [0.4, 0.5) is 4.39 Å². The molecule has 6 rings (SSSR count). The molecular formula is C33H34FN5O4. The van der Waals surface area contributed by atoms with Crippen LogP contribution in [0.25, 0.3) is 11.0 Å². The second kappa shape index (κ2) is 11.7. The van der Waals surface area contributed by atoms with E-state index in [2.05, 4.69) is 29.4 Å². The molecule has 0 spiro atoms. The van der Waals surface area contributed by atoms with E-state index >= 15 is 0 Å². The van der Waals surface area contributed by atoms with Gasteiger partial charge >= 0.3 is 5.97 Å². The number of nitrogens with zero attached hydrogens (tertiary/aromatic N) is 5. The van der Waals surface area contributed by atoms with E-state index in [1.165, 1.54) is 11.6 Å². The zero-order valence-electron chi connectivity index (χ0n) is 24.3. The van der Waals surface area contributed by atoms with Crippen molar-refractivity contribution in [2.75, 3.05) is 19.7 Å². The highest BCUT2D eigenvalue weighted by molar-refractivity contribution is 6.02. The van der Waals surface area contributed by atoms with Crippen LogP contribution in [0.1, 0.15) is 60.4 Å². The Morgan fingerprint density at radius 3 is 2.79 bits per heavy atom. The first-order valence-corrected chi connectivity index (χ1v) is 14.6. The average molecular weight is 584 g/mol. The first-order valence-electron chi connectivity index (χ1n) is 14.6. The van der Waals surface area contributed by atoms with Crippen molar-refractivity contribution in [2.45, 2.75) is 58.9 Å². The van der Waals surface area contributed by atoms with E-state index in [0.717, 1.165) is 61.5 Å². The molecule has 1 atom stereocenters. The maximum absolute atomic E-state index is 14.3. The predicted molar refractivity (Wildman–Crippen MR) is 159 cm³/mol. The van der Waals surface area contributed by atoms with Crippen LogP contribution in [0, 0.1) is 22.6 Å². The molecule has 0 unspecified atom stereocenters. The number of benzene rings is 2. The number of carbonyl (C=O) groups is 1. The van der Waals surface area contributed by atoms with Gasteiger partial charge in [0, 0.05) is 36.4 Å². The van der Waals surface area contributed by atoms with Gasteiger partial charge in [-0.1, -0.05) is 26.0 Å². The fourth-order valence-corrected chi connectivity index (χ4v) is 6.04. The van der Waals surface area contributed by atoms with Crippen molar-refractivity contribution in [3.63, 3.8) is 0 Å². The Kier molecular flexibility index (Phi) is 7.86. The van der Waals surface area contributed by atoms with E-state index in [0.29, 0.717) is 24.5 Å². The predicted octanol–water partition coefficient (Wildman–Crippen LogP) is 5.60. The normalized spacial score (nSPS) is 20.0. The summed E-state index contributed by atoms with van der Waals surface area (Å²) < 4.78 is 28.0. The largest absolute Gasteiger partial charge is 0.478 e. The monoisotopic (exact) mass is 583 g/mol.